The first-order valence-electron chi connectivity index (χ1n) is 9.13. The Morgan fingerprint density at radius 3 is 2.47 bits per heavy atom. The van der Waals surface area contributed by atoms with Gasteiger partial charge in [-0.05, 0) is 44.9 Å². The zero-order chi connectivity index (χ0) is 22.5. The van der Waals surface area contributed by atoms with Crippen molar-refractivity contribution in [3.8, 4) is 0 Å². The molecule has 0 aliphatic rings. The summed E-state index contributed by atoms with van der Waals surface area (Å²) in [5, 5.41) is 0. The smallest absolute Gasteiger partial charge is 0.355 e. The molecule has 0 aliphatic heterocycles. The number of thiophene rings is 1. The van der Waals surface area contributed by atoms with Crippen LogP contribution in [0.1, 0.15) is 53.6 Å². The largest absolute Gasteiger partial charge is 0.461 e. The van der Waals surface area contributed by atoms with Crippen LogP contribution in [0.15, 0.2) is 12.1 Å². The first-order chi connectivity index (χ1) is 14.0. The first kappa shape index (κ1) is 23.8. The molecule has 164 valence electrons. The Balaban J connectivity index is 1.97. The first-order valence-corrected chi connectivity index (χ1v) is 11.8. The molecule has 0 radical (unpaired) electrons. The van der Waals surface area contributed by atoms with E-state index in [2.05, 4.69) is 9.71 Å². The SMILES string of the molecule is CCOC(=O)c1[nH]c(C)c(C(=O)COC(=O)c2ccc(CCNS(C)(=O)=O)s2)c1C. The number of aromatic nitrogens is 1. The number of nitrogens with one attached hydrogen (secondary N) is 2. The van der Waals surface area contributed by atoms with Crippen LogP contribution in [0.2, 0.25) is 0 Å². The van der Waals surface area contributed by atoms with Crippen molar-refractivity contribution in [2.45, 2.75) is 27.2 Å². The maximum atomic E-state index is 12.5. The van der Waals surface area contributed by atoms with Crippen LogP contribution in [-0.4, -0.2) is 57.1 Å². The van der Waals surface area contributed by atoms with Crippen LogP contribution < -0.4 is 4.72 Å². The topological polar surface area (TPSA) is 132 Å². The summed E-state index contributed by atoms with van der Waals surface area (Å²) in [5.74, 6) is -1.63. The molecule has 0 spiro atoms. The summed E-state index contributed by atoms with van der Waals surface area (Å²) in [7, 11) is -3.27. The highest BCUT2D eigenvalue weighted by Gasteiger charge is 2.24. The molecule has 2 rings (SSSR count). The third-order valence-electron chi connectivity index (χ3n) is 4.13. The van der Waals surface area contributed by atoms with Gasteiger partial charge in [-0.15, -0.1) is 11.3 Å². The van der Waals surface area contributed by atoms with Crippen molar-refractivity contribution >= 4 is 39.1 Å². The second-order valence-electron chi connectivity index (χ2n) is 6.53. The summed E-state index contributed by atoms with van der Waals surface area (Å²) in [6, 6.07) is 3.28. The summed E-state index contributed by atoms with van der Waals surface area (Å²) < 4.78 is 34.6. The summed E-state index contributed by atoms with van der Waals surface area (Å²) in [4.78, 5) is 40.7. The fourth-order valence-electron chi connectivity index (χ4n) is 2.83. The Hall–Kier alpha value is -2.50. The highest BCUT2D eigenvalue weighted by molar-refractivity contribution is 7.88. The number of H-pyrrole nitrogens is 1. The van der Waals surface area contributed by atoms with Gasteiger partial charge in [-0.2, -0.15) is 0 Å². The van der Waals surface area contributed by atoms with Crippen molar-refractivity contribution < 1.29 is 32.3 Å². The van der Waals surface area contributed by atoms with E-state index in [1.54, 1.807) is 32.9 Å². The van der Waals surface area contributed by atoms with Crippen LogP contribution >= 0.6 is 11.3 Å². The van der Waals surface area contributed by atoms with Gasteiger partial charge in [0.15, 0.2) is 6.61 Å². The van der Waals surface area contributed by atoms with Gasteiger partial charge >= 0.3 is 11.9 Å². The lowest BCUT2D eigenvalue weighted by molar-refractivity contribution is 0.0477. The summed E-state index contributed by atoms with van der Waals surface area (Å²) in [6.45, 7) is 4.93. The Kier molecular flexibility index (Phi) is 7.93. The number of carbonyl (C=O) groups is 3. The molecule has 0 aromatic carbocycles. The van der Waals surface area contributed by atoms with E-state index in [4.69, 9.17) is 9.47 Å². The highest BCUT2D eigenvalue weighted by Crippen LogP contribution is 2.21. The monoisotopic (exact) mass is 456 g/mol. The number of esters is 2. The van der Waals surface area contributed by atoms with Gasteiger partial charge in [0, 0.05) is 22.7 Å². The maximum absolute atomic E-state index is 12.5. The fourth-order valence-corrected chi connectivity index (χ4v) is 4.21. The fraction of sp³-hybridized carbons (Fsp3) is 0.421. The number of aromatic amines is 1. The minimum atomic E-state index is -3.27. The molecule has 2 aromatic heterocycles. The molecule has 2 N–H and O–H groups in total. The average molecular weight is 457 g/mol. The molecule has 30 heavy (non-hydrogen) atoms. The average Bonchev–Trinajstić information content (AvgIpc) is 3.23. The number of ketones is 1. The van der Waals surface area contributed by atoms with Crippen molar-refractivity contribution in [3.05, 3.63) is 44.4 Å². The molecule has 0 saturated carbocycles. The molecule has 0 fully saturated rings. The van der Waals surface area contributed by atoms with Crippen molar-refractivity contribution in [1.29, 1.82) is 0 Å². The molecule has 0 atom stereocenters. The van der Waals surface area contributed by atoms with E-state index in [-0.39, 0.29) is 18.8 Å². The van der Waals surface area contributed by atoms with Gasteiger partial charge in [-0.25, -0.2) is 22.7 Å². The van der Waals surface area contributed by atoms with Gasteiger partial charge in [0.05, 0.1) is 12.9 Å². The number of ether oxygens (including phenoxy) is 2. The maximum Gasteiger partial charge on any atom is 0.355 e. The molecule has 2 aromatic rings. The normalized spacial score (nSPS) is 11.3. The number of carbonyl (C=O) groups excluding carboxylic acids is 3. The van der Waals surface area contributed by atoms with Crippen molar-refractivity contribution in [2.24, 2.45) is 0 Å². The zero-order valence-electron chi connectivity index (χ0n) is 17.2. The van der Waals surface area contributed by atoms with Gasteiger partial charge in [-0.1, -0.05) is 0 Å². The van der Waals surface area contributed by atoms with E-state index in [0.717, 1.165) is 11.1 Å². The Bertz CT molecular complexity index is 1050. The highest BCUT2D eigenvalue weighted by atomic mass is 32.2. The predicted octanol–water partition coefficient (Wildman–Crippen LogP) is 2.00. The van der Waals surface area contributed by atoms with E-state index in [0.29, 0.717) is 28.1 Å². The van der Waals surface area contributed by atoms with Crippen molar-refractivity contribution in [2.75, 3.05) is 26.0 Å². The molecule has 11 heteroatoms. The van der Waals surface area contributed by atoms with Crippen LogP contribution in [-0.2, 0) is 25.9 Å². The Morgan fingerprint density at radius 2 is 1.83 bits per heavy atom. The Morgan fingerprint density at radius 1 is 1.13 bits per heavy atom. The number of hydrogen-bond acceptors (Lipinski definition) is 8. The number of sulfonamides is 1. The van der Waals surface area contributed by atoms with E-state index < -0.39 is 34.4 Å². The van der Waals surface area contributed by atoms with Gasteiger partial charge in [0.2, 0.25) is 15.8 Å². The molecule has 9 nitrogen and oxygen atoms in total. The molecule has 0 unspecified atom stereocenters. The van der Waals surface area contributed by atoms with Gasteiger partial charge in [0.1, 0.15) is 10.6 Å². The van der Waals surface area contributed by atoms with Crippen LogP contribution in [0.3, 0.4) is 0 Å². The molecule has 0 amide bonds. The second kappa shape index (κ2) is 10.0. The molecular formula is C19H24N2O7S2. The van der Waals surface area contributed by atoms with Gasteiger partial charge in [-0.3, -0.25) is 4.79 Å². The molecular weight excluding hydrogens is 432 g/mol. The molecule has 0 saturated heterocycles. The minimum absolute atomic E-state index is 0.203. The van der Waals surface area contributed by atoms with Gasteiger partial charge < -0.3 is 14.5 Å². The number of hydrogen-bond donors (Lipinski definition) is 2. The third kappa shape index (κ3) is 6.25. The summed E-state index contributed by atoms with van der Waals surface area (Å²) in [6.07, 6.45) is 1.51. The van der Waals surface area contributed by atoms with E-state index in [1.807, 2.05) is 0 Å². The van der Waals surface area contributed by atoms with E-state index in [1.165, 1.54) is 11.3 Å². The third-order valence-corrected chi connectivity index (χ3v) is 5.98. The lowest BCUT2D eigenvalue weighted by Gasteiger charge is -2.04. The van der Waals surface area contributed by atoms with Crippen LogP contribution in [0, 0.1) is 13.8 Å². The number of aryl methyl sites for hydroxylation is 1. The van der Waals surface area contributed by atoms with Crippen LogP contribution in [0.4, 0.5) is 0 Å². The number of Topliss-reactive ketones (excluding diaryl/α,β-unsaturated/α-hetero) is 1. The van der Waals surface area contributed by atoms with Crippen molar-refractivity contribution in [1.82, 2.24) is 9.71 Å². The molecule has 0 bridgehead atoms. The van der Waals surface area contributed by atoms with Crippen LogP contribution in [0.5, 0.6) is 0 Å². The summed E-state index contributed by atoms with van der Waals surface area (Å²) >= 11 is 1.17. The number of rotatable bonds is 10. The lowest BCUT2D eigenvalue weighted by atomic mass is 10.1. The van der Waals surface area contributed by atoms with Crippen molar-refractivity contribution in [3.63, 3.8) is 0 Å². The van der Waals surface area contributed by atoms with E-state index >= 15 is 0 Å². The molecule has 2 heterocycles. The quantitative estimate of drug-likeness (QED) is 0.413. The lowest BCUT2D eigenvalue weighted by Crippen LogP contribution is -2.24. The van der Waals surface area contributed by atoms with E-state index in [9.17, 15) is 22.8 Å². The standard InChI is InChI=1S/C19H24N2O7S2/c1-5-27-19(24)17-11(2)16(12(3)21-17)14(22)10-28-18(23)15-7-6-13(29-15)8-9-20-30(4,25)26/h6-7,20-21H,5,8-10H2,1-4H3. The predicted molar refractivity (Wildman–Crippen MR) is 112 cm³/mol. The van der Waals surface area contributed by atoms with Crippen LogP contribution in [0.25, 0.3) is 0 Å². The zero-order valence-corrected chi connectivity index (χ0v) is 18.8. The minimum Gasteiger partial charge on any atom is -0.461 e. The second-order valence-corrected chi connectivity index (χ2v) is 9.53. The molecule has 0 aliphatic carbocycles. The Labute approximate surface area is 178 Å². The summed E-state index contributed by atoms with van der Waals surface area (Å²) in [5.41, 5.74) is 1.44. The van der Waals surface area contributed by atoms with Gasteiger partial charge in [0.25, 0.3) is 0 Å².